The fraction of sp³-hybridized carbons (Fsp3) is 0.346. The number of hydrogen-bond acceptors (Lipinski definition) is 2. The normalized spacial score (nSPS) is 15.6. The molecule has 6 heteroatoms. The molecule has 1 fully saturated rings. The van der Waals surface area contributed by atoms with Crippen LogP contribution in [0.2, 0.25) is 0 Å². The van der Waals surface area contributed by atoms with Gasteiger partial charge in [-0.25, -0.2) is 9.07 Å². The van der Waals surface area contributed by atoms with Gasteiger partial charge in [-0.2, -0.15) is 0 Å². The number of piperidine rings is 1. The third kappa shape index (κ3) is 5.13. The van der Waals surface area contributed by atoms with Gasteiger partial charge in [0.1, 0.15) is 10.3 Å². The van der Waals surface area contributed by atoms with E-state index in [1.165, 1.54) is 12.1 Å². The van der Waals surface area contributed by atoms with Crippen molar-refractivity contribution < 1.29 is 4.39 Å². The summed E-state index contributed by atoms with van der Waals surface area (Å²) in [6.07, 6.45) is 7.61. The molecule has 1 aliphatic heterocycles. The number of aromatic nitrogens is 2. The van der Waals surface area contributed by atoms with Crippen LogP contribution in [0.1, 0.15) is 37.4 Å². The highest BCUT2D eigenvalue weighted by atomic mass is 79.9. The highest BCUT2D eigenvalue weighted by Gasteiger charge is 2.23. The van der Waals surface area contributed by atoms with Crippen LogP contribution in [0.15, 0.2) is 69.9 Å². The topological polar surface area (TPSA) is 30.2 Å². The molecule has 0 radical (unpaired) electrons. The van der Waals surface area contributed by atoms with Crippen molar-refractivity contribution in [1.82, 2.24) is 14.3 Å². The minimum absolute atomic E-state index is 0.00568. The molecule has 1 aliphatic rings. The van der Waals surface area contributed by atoms with Gasteiger partial charge in [-0.1, -0.05) is 42.5 Å². The Kier molecular flexibility index (Phi) is 7.43. The van der Waals surface area contributed by atoms with Crippen molar-refractivity contribution in [2.45, 2.75) is 39.3 Å². The Morgan fingerprint density at radius 1 is 1.06 bits per heavy atom. The molecule has 3 aromatic rings. The highest BCUT2D eigenvalue weighted by Crippen LogP contribution is 2.25. The first-order valence-electron chi connectivity index (χ1n) is 11.3. The first-order valence-corrected chi connectivity index (χ1v) is 12.1. The highest BCUT2D eigenvalue weighted by molar-refractivity contribution is 9.10. The van der Waals surface area contributed by atoms with Gasteiger partial charge in [-0.15, -0.1) is 0 Å². The van der Waals surface area contributed by atoms with Gasteiger partial charge in [0.05, 0.1) is 11.4 Å². The average Bonchev–Trinajstić information content (AvgIpc) is 3.06. The molecule has 1 aromatic heterocycles. The van der Waals surface area contributed by atoms with Crippen LogP contribution in [0, 0.1) is 11.7 Å². The lowest BCUT2D eigenvalue weighted by Crippen LogP contribution is -2.34. The lowest BCUT2D eigenvalue weighted by molar-refractivity contribution is 0.173. The van der Waals surface area contributed by atoms with Gasteiger partial charge in [-0.3, -0.25) is 14.4 Å². The van der Waals surface area contributed by atoms with Crippen molar-refractivity contribution >= 4 is 22.0 Å². The van der Waals surface area contributed by atoms with Crippen molar-refractivity contribution in [1.29, 1.82) is 0 Å². The van der Waals surface area contributed by atoms with Crippen molar-refractivity contribution in [2.24, 2.45) is 5.92 Å². The number of nitrogens with zero attached hydrogens (tertiary/aromatic N) is 3. The smallest absolute Gasteiger partial charge is 0.286 e. The monoisotopic (exact) mass is 497 g/mol. The Morgan fingerprint density at radius 3 is 2.41 bits per heavy atom. The van der Waals surface area contributed by atoms with E-state index in [-0.39, 0.29) is 11.4 Å². The molecule has 0 aliphatic carbocycles. The Balaban J connectivity index is 1.38. The SMILES string of the molecule is CCn1c(CN2CCC(C/C=C/c3ccc(F)cc3)CC2)c(Br)c(=O)n1-c1ccccc1. The van der Waals surface area contributed by atoms with Gasteiger partial charge in [0, 0.05) is 13.1 Å². The van der Waals surface area contributed by atoms with E-state index >= 15 is 0 Å². The molecule has 0 unspecified atom stereocenters. The van der Waals surface area contributed by atoms with E-state index in [4.69, 9.17) is 0 Å². The summed E-state index contributed by atoms with van der Waals surface area (Å²) < 4.78 is 17.5. The van der Waals surface area contributed by atoms with E-state index in [0.29, 0.717) is 10.4 Å². The van der Waals surface area contributed by atoms with E-state index in [1.54, 1.807) is 16.8 Å². The van der Waals surface area contributed by atoms with E-state index < -0.39 is 0 Å². The Morgan fingerprint density at radius 2 is 1.75 bits per heavy atom. The van der Waals surface area contributed by atoms with Crippen LogP contribution in [0.4, 0.5) is 4.39 Å². The van der Waals surface area contributed by atoms with Crippen molar-refractivity contribution in [3.63, 3.8) is 0 Å². The molecule has 0 saturated carbocycles. The number of likely N-dealkylation sites (tertiary alicyclic amines) is 1. The van der Waals surface area contributed by atoms with E-state index in [9.17, 15) is 9.18 Å². The van der Waals surface area contributed by atoms with E-state index in [2.05, 4.69) is 44.6 Å². The number of rotatable bonds is 7. The Labute approximate surface area is 197 Å². The van der Waals surface area contributed by atoms with E-state index in [0.717, 1.165) is 62.4 Å². The zero-order chi connectivity index (χ0) is 22.5. The maximum absolute atomic E-state index is 13.0. The number of hydrogen-bond donors (Lipinski definition) is 0. The quantitative estimate of drug-likeness (QED) is 0.408. The average molecular weight is 498 g/mol. The molecular formula is C26H29BrFN3O. The second kappa shape index (κ2) is 10.5. The van der Waals surface area contributed by atoms with Crippen LogP contribution in [0.3, 0.4) is 0 Å². The molecule has 2 heterocycles. The molecule has 0 amide bonds. The molecule has 0 atom stereocenters. The zero-order valence-corrected chi connectivity index (χ0v) is 20.0. The predicted octanol–water partition coefficient (Wildman–Crippen LogP) is 5.88. The van der Waals surface area contributed by atoms with Crippen molar-refractivity contribution in [3.05, 3.63) is 92.6 Å². The second-order valence-corrected chi connectivity index (χ2v) is 9.13. The summed E-state index contributed by atoms with van der Waals surface area (Å²) in [5.41, 5.74) is 2.96. The van der Waals surface area contributed by atoms with Crippen LogP contribution in [-0.2, 0) is 13.1 Å². The summed E-state index contributed by atoms with van der Waals surface area (Å²) in [5, 5.41) is 0. The zero-order valence-electron chi connectivity index (χ0n) is 18.4. The number of halogens is 2. The van der Waals surface area contributed by atoms with Crippen molar-refractivity contribution in [2.75, 3.05) is 13.1 Å². The minimum Gasteiger partial charge on any atom is -0.297 e. The molecule has 1 saturated heterocycles. The number of para-hydroxylation sites is 1. The van der Waals surface area contributed by atoms with Gasteiger partial charge < -0.3 is 0 Å². The van der Waals surface area contributed by atoms with Crippen LogP contribution >= 0.6 is 15.9 Å². The molecule has 168 valence electrons. The molecule has 0 bridgehead atoms. The predicted molar refractivity (Wildman–Crippen MR) is 131 cm³/mol. The summed E-state index contributed by atoms with van der Waals surface area (Å²) in [7, 11) is 0. The molecule has 2 aromatic carbocycles. The molecule has 4 rings (SSSR count). The number of allylic oxidation sites excluding steroid dienone is 1. The summed E-state index contributed by atoms with van der Waals surface area (Å²) in [5.74, 6) is 0.461. The Bertz CT molecular complexity index is 1110. The van der Waals surface area contributed by atoms with Gasteiger partial charge in [0.2, 0.25) is 0 Å². The lowest BCUT2D eigenvalue weighted by atomic mass is 9.93. The van der Waals surface area contributed by atoms with Gasteiger partial charge in [-0.05, 0) is 91.0 Å². The second-order valence-electron chi connectivity index (χ2n) is 8.34. The first-order chi connectivity index (χ1) is 15.6. The third-order valence-corrected chi connectivity index (χ3v) is 7.01. The Hall–Kier alpha value is -2.44. The molecule has 0 spiro atoms. The maximum Gasteiger partial charge on any atom is 0.286 e. The molecular weight excluding hydrogens is 469 g/mol. The molecule has 4 nitrogen and oxygen atoms in total. The fourth-order valence-electron chi connectivity index (χ4n) is 4.43. The summed E-state index contributed by atoms with van der Waals surface area (Å²) >= 11 is 3.58. The summed E-state index contributed by atoms with van der Waals surface area (Å²) in [6.45, 7) is 5.62. The standard InChI is InChI=1S/C26H29BrFN3O/c1-2-30-24(25(27)26(32)31(30)23-9-4-3-5-10-23)19-29-17-15-21(16-18-29)8-6-7-20-11-13-22(28)14-12-20/h3-7,9-14,21H,2,8,15-19H2,1H3/b7-6+. The van der Waals surface area contributed by atoms with Gasteiger partial charge in [0.15, 0.2) is 0 Å². The first kappa shape index (κ1) is 22.7. The van der Waals surface area contributed by atoms with E-state index in [1.807, 2.05) is 30.3 Å². The van der Waals surface area contributed by atoms with Crippen LogP contribution in [-0.4, -0.2) is 27.4 Å². The van der Waals surface area contributed by atoms with Crippen LogP contribution < -0.4 is 5.56 Å². The largest absolute Gasteiger partial charge is 0.297 e. The third-order valence-electron chi connectivity index (χ3n) is 6.22. The molecule has 32 heavy (non-hydrogen) atoms. The lowest BCUT2D eigenvalue weighted by Gasteiger charge is -2.31. The van der Waals surface area contributed by atoms with Crippen LogP contribution in [0.5, 0.6) is 0 Å². The summed E-state index contributed by atoms with van der Waals surface area (Å²) in [6, 6.07) is 16.4. The fourth-order valence-corrected chi connectivity index (χ4v) is 4.93. The van der Waals surface area contributed by atoms with Crippen LogP contribution in [0.25, 0.3) is 11.8 Å². The number of benzene rings is 2. The van der Waals surface area contributed by atoms with Crippen molar-refractivity contribution in [3.8, 4) is 5.69 Å². The maximum atomic E-state index is 13.0. The minimum atomic E-state index is -0.200. The summed E-state index contributed by atoms with van der Waals surface area (Å²) in [4.78, 5) is 15.4. The van der Waals surface area contributed by atoms with Gasteiger partial charge >= 0.3 is 0 Å². The molecule has 0 N–H and O–H groups in total. The van der Waals surface area contributed by atoms with Gasteiger partial charge in [0.25, 0.3) is 5.56 Å².